The Morgan fingerprint density at radius 1 is 0.789 bits per heavy atom. The SMILES string of the molecule is CC(=O)CCC(=O)c1ccc(C(=O)CCC(C)=O)o1. The number of hydrogen-bond acceptors (Lipinski definition) is 5. The van der Waals surface area contributed by atoms with Gasteiger partial charge in [-0.15, -0.1) is 0 Å². The monoisotopic (exact) mass is 264 g/mol. The molecule has 102 valence electrons. The lowest BCUT2D eigenvalue weighted by molar-refractivity contribution is -0.117. The second-order valence-electron chi connectivity index (χ2n) is 4.41. The predicted molar refractivity (Wildman–Crippen MR) is 67.2 cm³/mol. The lowest BCUT2D eigenvalue weighted by Crippen LogP contribution is -2.02. The first-order valence-corrected chi connectivity index (χ1v) is 6.05. The lowest BCUT2D eigenvalue weighted by Gasteiger charge is -1.96. The van der Waals surface area contributed by atoms with Crippen molar-refractivity contribution in [2.75, 3.05) is 0 Å². The molecule has 0 aromatic carbocycles. The van der Waals surface area contributed by atoms with Crippen LogP contribution in [0.5, 0.6) is 0 Å². The molecule has 5 heteroatoms. The maximum absolute atomic E-state index is 11.6. The Morgan fingerprint density at radius 2 is 1.16 bits per heavy atom. The van der Waals surface area contributed by atoms with E-state index in [2.05, 4.69) is 0 Å². The molecule has 0 fully saturated rings. The minimum absolute atomic E-state index is 0.0716. The molecule has 1 rings (SSSR count). The average Bonchev–Trinajstić information content (AvgIpc) is 2.82. The van der Waals surface area contributed by atoms with Gasteiger partial charge in [0.05, 0.1) is 0 Å². The molecule has 19 heavy (non-hydrogen) atoms. The van der Waals surface area contributed by atoms with Crippen LogP contribution in [0.15, 0.2) is 16.5 Å². The van der Waals surface area contributed by atoms with E-state index in [0.717, 1.165) is 0 Å². The van der Waals surface area contributed by atoms with Crippen molar-refractivity contribution in [1.29, 1.82) is 0 Å². The highest BCUT2D eigenvalue weighted by Gasteiger charge is 2.16. The van der Waals surface area contributed by atoms with Crippen LogP contribution in [0, 0.1) is 0 Å². The van der Waals surface area contributed by atoms with Gasteiger partial charge in [-0.2, -0.15) is 0 Å². The highest BCUT2D eigenvalue weighted by Crippen LogP contribution is 2.14. The fourth-order valence-electron chi connectivity index (χ4n) is 1.46. The maximum Gasteiger partial charge on any atom is 0.198 e. The zero-order valence-corrected chi connectivity index (χ0v) is 11.0. The first kappa shape index (κ1) is 15.0. The Morgan fingerprint density at radius 3 is 1.47 bits per heavy atom. The fourth-order valence-corrected chi connectivity index (χ4v) is 1.46. The van der Waals surface area contributed by atoms with Crippen LogP contribution in [0.4, 0.5) is 0 Å². The van der Waals surface area contributed by atoms with E-state index in [1.807, 2.05) is 0 Å². The minimum Gasteiger partial charge on any atom is -0.450 e. The molecule has 0 aliphatic heterocycles. The quantitative estimate of drug-likeness (QED) is 0.673. The summed E-state index contributed by atoms with van der Waals surface area (Å²) in [5.74, 6) is -0.600. The molecule has 5 nitrogen and oxygen atoms in total. The van der Waals surface area contributed by atoms with Crippen LogP contribution < -0.4 is 0 Å². The van der Waals surface area contributed by atoms with Gasteiger partial charge in [-0.1, -0.05) is 0 Å². The van der Waals surface area contributed by atoms with E-state index in [1.165, 1.54) is 26.0 Å². The number of rotatable bonds is 8. The van der Waals surface area contributed by atoms with E-state index in [9.17, 15) is 19.2 Å². The molecule has 0 saturated carbocycles. The zero-order chi connectivity index (χ0) is 14.4. The van der Waals surface area contributed by atoms with Crippen LogP contribution in [-0.2, 0) is 9.59 Å². The topological polar surface area (TPSA) is 81.4 Å². The second-order valence-corrected chi connectivity index (χ2v) is 4.41. The van der Waals surface area contributed by atoms with Crippen molar-refractivity contribution in [2.45, 2.75) is 39.5 Å². The van der Waals surface area contributed by atoms with E-state index in [-0.39, 0.29) is 60.3 Å². The van der Waals surface area contributed by atoms with Crippen molar-refractivity contribution in [1.82, 2.24) is 0 Å². The van der Waals surface area contributed by atoms with Crippen LogP contribution in [0.3, 0.4) is 0 Å². The molecule has 0 spiro atoms. The molecular weight excluding hydrogens is 248 g/mol. The largest absolute Gasteiger partial charge is 0.450 e. The van der Waals surface area contributed by atoms with E-state index in [4.69, 9.17) is 4.42 Å². The Hall–Kier alpha value is -2.04. The average molecular weight is 264 g/mol. The molecule has 0 amide bonds. The van der Waals surface area contributed by atoms with Gasteiger partial charge in [0.2, 0.25) is 0 Å². The summed E-state index contributed by atoms with van der Waals surface area (Å²) in [5, 5.41) is 0. The van der Waals surface area contributed by atoms with Crippen LogP contribution in [-0.4, -0.2) is 23.1 Å². The molecule has 0 radical (unpaired) electrons. The molecule has 0 aliphatic rings. The van der Waals surface area contributed by atoms with Crippen molar-refractivity contribution in [2.24, 2.45) is 0 Å². The van der Waals surface area contributed by atoms with Gasteiger partial charge in [-0.05, 0) is 26.0 Å². The van der Waals surface area contributed by atoms with E-state index >= 15 is 0 Å². The summed E-state index contributed by atoms with van der Waals surface area (Å²) < 4.78 is 5.15. The summed E-state index contributed by atoms with van der Waals surface area (Å²) in [5.41, 5.74) is 0. The smallest absolute Gasteiger partial charge is 0.198 e. The predicted octanol–water partition coefficient (Wildman–Crippen LogP) is 2.38. The summed E-state index contributed by atoms with van der Waals surface area (Å²) in [6.07, 6.45) is 0.466. The Labute approximate surface area is 111 Å². The van der Waals surface area contributed by atoms with Gasteiger partial charge in [-0.25, -0.2) is 0 Å². The van der Waals surface area contributed by atoms with Gasteiger partial charge in [0, 0.05) is 25.7 Å². The third-order valence-electron chi connectivity index (χ3n) is 2.56. The van der Waals surface area contributed by atoms with Crippen molar-refractivity contribution in [3.63, 3.8) is 0 Å². The summed E-state index contributed by atoms with van der Waals surface area (Å²) in [7, 11) is 0. The summed E-state index contributed by atoms with van der Waals surface area (Å²) >= 11 is 0. The molecule has 0 bridgehead atoms. The number of hydrogen-bond donors (Lipinski definition) is 0. The molecule has 0 unspecified atom stereocenters. The van der Waals surface area contributed by atoms with Gasteiger partial charge >= 0.3 is 0 Å². The molecule has 0 N–H and O–H groups in total. The summed E-state index contributed by atoms with van der Waals surface area (Å²) in [6, 6.07) is 2.84. The maximum atomic E-state index is 11.6. The third-order valence-corrected chi connectivity index (χ3v) is 2.56. The summed E-state index contributed by atoms with van der Waals surface area (Å²) in [4.78, 5) is 44.8. The van der Waals surface area contributed by atoms with Crippen LogP contribution >= 0.6 is 0 Å². The Kier molecular flexibility index (Phi) is 5.36. The second kappa shape index (κ2) is 6.78. The molecule has 0 aliphatic carbocycles. The lowest BCUT2D eigenvalue weighted by atomic mass is 10.1. The number of furan rings is 1. The molecule has 1 aromatic rings. The van der Waals surface area contributed by atoms with Crippen molar-refractivity contribution < 1.29 is 23.6 Å². The van der Waals surface area contributed by atoms with Crippen LogP contribution in [0.1, 0.15) is 60.6 Å². The molecule has 1 heterocycles. The molecule has 0 atom stereocenters. The van der Waals surface area contributed by atoms with Gasteiger partial charge in [0.1, 0.15) is 11.6 Å². The van der Waals surface area contributed by atoms with Gasteiger partial charge in [-0.3, -0.25) is 9.59 Å². The Balaban J connectivity index is 2.61. The van der Waals surface area contributed by atoms with E-state index in [1.54, 1.807) is 0 Å². The number of Topliss-reactive ketones (excluding diaryl/α,β-unsaturated/α-hetero) is 4. The van der Waals surface area contributed by atoms with Crippen molar-refractivity contribution in [3.05, 3.63) is 23.7 Å². The first-order chi connectivity index (χ1) is 8.90. The molecular formula is C14H16O5. The highest BCUT2D eigenvalue weighted by atomic mass is 16.4. The Bertz CT molecular complexity index is 465. The number of carbonyl (C=O) groups excluding carboxylic acids is 4. The highest BCUT2D eigenvalue weighted by molar-refractivity contribution is 5.99. The van der Waals surface area contributed by atoms with E-state index < -0.39 is 0 Å². The van der Waals surface area contributed by atoms with Gasteiger partial charge in [0.15, 0.2) is 23.1 Å². The third kappa shape index (κ3) is 4.99. The fraction of sp³-hybridized carbons (Fsp3) is 0.429. The first-order valence-electron chi connectivity index (χ1n) is 6.05. The van der Waals surface area contributed by atoms with Crippen LogP contribution in [0.2, 0.25) is 0 Å². The van der Waals surface area contributed by atoms with Crippen molar-refractivity contribution in [3.8, 4) is 0 Å². The minimum atomic E-state index is -0.305. The van der Waals surface area contributed by atoms with Gasteiger partial charge in [0.25, 0.3) is 0 Å². The van der Waals surface area contributed by atoms with Crippen LogP contribution in [0.25, 0.3) is 0 Å². The van der Waals surface area contributed by atoms with Crippen molar-refractivity contribution >= 4 is 23.1 Å². The van der Waals surface area contributed by atoms with E-state index in [0.29, 0.717) is 0 Å². The molecule has 0 saturated heterocycles. The standard InChI is InChI=1S/C14H16O5/c1-9(15)3-5-11(17)13-7-8-14(19-13)12(18)6-4-10(2)16/h7-8H,3-6H2,1-2H3. The zero-order valence-electron chi connectivity index (χ0n) is 11.0. The normalized spacial score (nSPS) is 10.2. The summed E-state index contributed by atoms with van der Waals surface area (Å²) in [6.45, 7) is 2.82. The number of ketones is 4. The number of carbonyl (C=O) groups is 4. The molecule has 1 aromatic heterocycles. The van der Waals surface area contributed by atoms with Gasteiger partial charge < -0.3 is 14.0 Å².